The van der Waals surface area contributed by atoms with Gasteiger partial charge in [0.05, 0.1) is 36.1 Å². The summed E-state index contributed by atoms with van der Waals surface area (Å²) in [6.07, 6.45) is 2.39. The number of hydrogen-bond acceptors (Lipinski definition) is 4. The molecular weight excluding hydrogens is 240 g/mol. The third-order valence-electron chi connectivity index (χ3n) is 3.40. The summed E-state index contributed by atoms with van der Waals surface area (Å²) < 4.78 is 11.2. The van der Waals surface area contributed by atoms with Gasteiger partial charge in [0.1, 0.15) is 5.75 Å². The van der Waals surface area contributed by atoms with Crippen LogP contribution in [0.15, 0.2) is 18.2 Å². The summed E-state index contributed by atoms with van der Waals surface area (Å²) in [5.41, 5.74) is 1.48. The van der Waals surface area contributed by atoms with E-state index in [1.807, 2.05) is 6.07 Å². The van der Waals surface area contributed by atoms with E-state index < -0.39 is 0 Å². The number of ether oxygens (including phenoxy) is 2. The second kappa shape index (κ2) is 5.50. The van der Waals surface area contributed by atoms with Gasteiger partial charge in [-0.05, 0) is 38.8 Å². The lowest BCUT2D eigenvalue weighted by Crippen LogP contribution is -2.24. The second-order valence-electron chi connectivity index (χ2n) is 5.45. The Morgan fingerprint density at radius 1 is 1.53 bits per heavy atom. The molecule has 0 amide bonds. The van der Waals surface area contributed by atoms with Crippen molar-refractivity contribution in [1.29, 1.82) is 5.26 Å². The fourth-order valence-corrected chi connectivity index (χ4v) is 2.35. The molecule has 1 unspecified atom stereocenters. The van der Waals surface area contributed by atoms with Crippen LogP contribution in [0, 0.1) is 11.3 Å². The molecule has 0 saturated carbocycles. The van der Waals surface area contributed by atoms with E-state index in [1.165, 1.54) is 0 Å². The number of rotatable bonds is 4. The van der Waals surface area contributed by atoms with Crippen LogP contribution in [0.25, 0.3) is 0 Å². The minimum absolute atomic E-state index is 0.0128. The van der Waals surface area contributed by atoms with Gasteiger partial charge in [-0.2, -0.15) is 5.26 Å². The maximum absolute atomic E-state index is 8.86. The van der Waals surface area contributed by atoms with Crippen LogP contribution in [-0.4, -0.2) is 25.4 Å². The van der Waals surface area contributed by atoms with Gasteiger partial charge in [-0.3, -0.25) is 0 Å². The summed E-state index contributed by atoms with van der Waals surface area (Å²) in [5.74, 6) is 0.691. The van der Waals surface area contributed by atoms with Gasteiger partial charge in [-0.25, -0.2) is 0 Å². The molecule has 1 atom stereocenters. The van der Waals surface area contributed by atoms with Crippen molar-refractivity contribution in [2.45, 2.75) is 38.4 Å². The van der Waals surface area contributed by atoms with E-state index in [-0.39, 0.29) is 11.7 Å². The fourth-order valence-electron chi connectivity index (χ4n) is 2.35. The van der Waals surface area contributed by atoms with E-state index in [4.69, 9.17) is 14.7 Å². The highest BCUT2D eigenvalue weighted by Gasteiger charge is 2.31. The average Bonchev–Trinajstić information content (AvgIpc) is 2.75. The van der Waals surface area contributed by atoms with Crippen molar-refractivity contribution < 1.29 is 9.47 Å². The molecule has 0 aliphatic carbocycles. The zero-order chi connectivity index (χ0) is 13.9. The molecule has 19 heavy (non-hydrogen) atoms. The smallest absolute Gasteiger partial charge is 0.143 e. The molecule has 1 saturated heterocycles. The quantitative estimate of drug-likeness (QED) is 0.904. The van der Waals surface area contributed by atoms with Crippen LogP contribution in [0.1, 0.15) is 32.3 Å². The van der Waals surface area contributed by atoms with Crippen LogP contribution in [-0.2, 0) is 4.74 Å². The van der Waals surface area contributed by atoms with E-state index in [0.29, 0.717) is 11.3 Å². The molecule has 102 valence electrons. The zero-order valence-electron chi connectivity index (χ0n) is 11.7. The molecule has 1 aromatic rings. The van der Waals surface area contributed by atoms with Gasteiger partial charge in [0.25, 0.3) is 0 Å². The number of anilines is 1. The number of benzene rings is 1. The van der Waals surface area contributed by atoms with Gasteiger partial charge in [0, 0.05) is 12.6 Å². The molecule has 1 aliphatic rings. The summed E-state index contributed by atoms with van der Waals surface area (Å²) in [6.45, 7) is 5.00. The summed E-state index contributed by atoms with van der Waals surface area (Å²) in [4.78, 5) is 0. The van der Waals surface area contributed by atoms with Crippen LogP contribution in [0.2, 0.25) is 0 Å². The zero-order valence-corrected chi connectivity index (χ0v) is 11.7. The van der Waals surface area contributed by atoms with Crippen LogP contribution in [0.3, 0.4) is 0 Å². The Balaban J connectivity index is 1.98. The lowest BCUT2D eigenvalue weighted by molar-refractivity contribution is -0.00911. The largest absolute Gasteiger partial charge is 0.495 e. The maximum atomic E-state index is 8.86. The first-order valence-corrected chi connectivity index (χ1v) is 6.54. The minimum Gasteiger partial charge on any atom is -0.495 e. The summed E-state index contributed by atoms with van der Waals surface area (Å²) >= 11 is 0. The number of nitrogens with zero attached hydrogens (tertiary/aromatic N) is 1. The van der Waals surface area contributed by atoms with Crippen molar-refractivity contribution in [3.8, 4) is 11.8 Å². The number of methoxy groups -OCH3 is 1. The molecule has 0 aromatic heterocycles. The molecular formula is C15H20N2O2. The monoisotopic (exact) mass is 260 g/mol. The molecule has 1 fully saturated rings. The number of nitriles is 1. The first-order valence-electron chi connectivity index (χ1n) is 6.54. The lowest BCUT2D eigenvalue weighted by Gasteiger charge is -2.20. The topological polar surface area (TPSA) is 54.3 Å². The average molecular weight is 260 g/mol. The van der Waals surface area contributed by atoms with Crippen LogP contribution in [0.5, 0.6) is 5.75 Å². The van der Waals surface area contributed by atoms with Crippen molar-refractivity contribution in [3.63, 3.8) is 0 Å². The van der Waals surface area contributed by atoms with Gasteiger partial charge in [0.2, 0.25) is 0 Å². The molecule has 0 spiro atoms. The Labute approximate surface area is 114 Å². The van der Waals surface area contributed by atoms with Crippen molar-refractivity contribution in [2.24, 2.45) is 0 Å². The molecule has 1 heterocycles. The number of hydrogen-bond donors (Lipinski definition) is 1. The van der Waals surface area contributed by atoms with E-state index in [2.05, 4.69) is 25.2 Å². The summed E-state index contributed by atoms with van der Waals surface area (Å²) in [6, 6.07) is 7.50. The molecule has 2 rings (SSSR count). The van der Waals surface area contributed by atoms with Crippen molar-refractivity contribution in [1.82, 2.24) is 0 Å². The van der Waals surface area contributed by atoms with Gasteiger partial charge < -0.3 is 14.8 Å². The standard InChI is InChI=1S/C15H20N2O2/c1-15(2)7-6-12(19-15)10-17-13-5-4-11(9-16)8-14(13)18-3/h4-5,8,12,17H,6-7,10H2,1-3H3. The molecule has 4 heteroatoms. The van der Waals surface area contributed by atoms with E-state index in [9.17, 15) is 0 Å². The summed E-state index contributed by atoms with van der Waals surface area (Å²) in [5, 5.41) is 12.2. The van der Waals surface area contributed by atoms with Crippen LogP contribution in [0.4, 0.5) is 5.69 Å². The highest BCUT2D eigenvalue weighted by molar-refractivity contribution is 5.59. The van der Waals surface area contributed by atoms with E-state index in [0.717, 1.165) is 25.1 Å². The Kier molecular flexibility index (Phi) is 3.96. The third kappa shape index (κ3) is 3.39. The molecule has 4 nitrogen and oxygen atoms in total. The Morgan fingerprint density at radius 3 is 2.89 bits per heavy atom. The van der Waals surface area contributed by atoms with Gasteiger partial charge in [0.15, 0.2) is 0 Å². The first-order chi connectivity index (χ1) is 9.04. The predicted molar refractivity (Wildman–Crippen MR) is 74.4 cm³/mol. The van der Waals surface area contributed by atoms with Gasteiger partial charge in [-0.1, -0.05) is 0 Å². The van der Waals surface area contributed by atoms with Crippen molar-refractivity contribution in [3.05, 3.63) is 23.8 Å². The predicted octanol–water partition coefficient (Wildman–Crippen LogP) is 2.94. The number of nitrogens with one attached hydrogen (secondary N) is 1. The SMILES string of the molecule is COc1cc(C#N)ccc1NCC1CCC(C)(C)O1. The van der Waals surface area contributed by atoms with Crippen molar-refractivity contribution in [2.75, 3.05) is 19.0 Å². The van der Waals surface area contributed by atoms with Crippen LogP contribution < -0.4 is 10.1 Å². The summed E-state index contributed by atoms with van der Waals surface area (Å²) in [7, 11) is 1.61. The van der Waals surface area contributed by atoms with Gasteiger partial charge in [-0.15, -0.1) is 0 Å². The highest BCUT2D eigenvalue weighted by Crippen LogP contribution is 2.30. The first kappa shape index (κ1) is 13.7. The Morgan fingerprint density at radius 2 is 2.32 bits per heavy atom. The fraction of sp³-hybridized carbons (Fsp3) is 0.533. The second-order valence-corrected chi connectivity index (χ2v) is 5.45. The molecule has 1 aromatic carbocycles. The Bertz CT molecular complexity index is 491. The lowest BCUT2D eigenvalue weighted by atomic mass is 10.1. The highest BCUT2D eigenvalue weighted by atomic mass is 16.5. The molecule has 1 aliphatic heterocycles. The molecule has 1 N–H and O–H groups in total. The molecule has 0 bridgehead atoms. The minimum atomic E-state index is -0.0128. The van der Waals surface area contributed by atoms with Crippen molar-refractivity contribution >= 4 is 5.69 Å². The van der Waals surface area contributed by atoms with E-state index >= 15 is 0 Å². The third-order valence-corrected chi connectivity index (χ3v) is 3.40. The normalized spacial score (nSPS) is 20.8. The molecule has 0 radical (unpaired) electrons. The van der Waals surface area contributed by atoms with Crippen LogP contribution >= 0.6 is 0 Å². The van der Waals surface area contributed by atoms with Gasteiger partial charge >= 0.3 is 0 Å². The van der Waals surface area contributed by atoms with E-state index in [1.54, 1.807) is 19.2 Å². The maximum Gasteiger partial charge on any atom is 0.143 e. The Hall–Kier alpha value is -1.73.